The fraction of sp³-hybridized carbons (Fsp3) is 0.667. The Balaban J connectivity index is 2.16. The first-order chi connectivity index (χ1) is 8.20. The van der Waals surface area contributed by atoms with E-state index in [0.29, 0.717) is 24.2 Å². The average Bonchev–Trinajstić information content (AvgIpc) is 2.76. The molecule has 0 spiro atoms. The van der Waals surface area contributed by atoms with Gasteiger partial charge in [0.2, 0.25) is 5.88 Å². The third-order valence-corrected chi connectivity index (χ3v) is 2.99. The van der Waals surface area contributed by atoms with Crippen molar-refractivity contribution in [2.45, 2.75) is 45.1 Å². The van der Waals surface area contributed by atoms with E-state index in [1.807, 2.05) is 6.92 Å². The van der Waals surface area contributed by atoms with Gasteiger partial charge in [0.1, 0.15) is 5.82 Å². The minimum absolute atomic E-state index is 0.120. The second-order valence-electron chi connectivity index (χ2n) is 4.40. The van der Waals surface area contributed by atoms with Crippen LogP contribution >= 0.6 is 0 Å². The predicted octanol–water partition coefficient (Wildman–Crippen LogP) is 1.15. The van der Waals surface area contributed by atoms with Gasteiger partial charge in [-0.3, -0.25) is 4.79 Å². The van der Waals surface area contributed by atoms with Crippen LogP contribution in [0.25, 0.3) is 0 Å². The highest BCUT2D eigenvalue weighted by Gasteiger charge is 2.18. The topological polar surface area (TPSA) is 75.2 Å². The summed E-state index contributed by atoms with van der Waals surface area (Å²) in [5, 5.41) is 9.71. The van der Waals surface area contributed by atoms with Gasteiger partial charge in [-0.1, -0.05) is 13.3 Å². The summed E-state index contributed by atoms with van der Waals surface area (Å²) in [5.41, 5.74) is 0.149. The number of aromatic amines is 1. The Bertz CT molecular complexity index is 436. The number of ether oxygens (including phenoxy) is 1. The van der Waals surface area contributed by atoms with Gasteiger partial charge >= 0.3 is 0 Å². The first-order valence-corrected chi connectivity index (χ1v) is 6.13. The SMILES string of the molecule is CCCc1c(O)nc(CC2CCCO2)[nH]c1=O. The van der Waals surface area contributed by atoms with E-state index in [4.69, 9.17) is 4.74 Å². The molecule has 1 aliphatic heterocycles. The molecule has 1 aliphatic rings. The number of hydrogen-bond acceptors (Lipinski definition) is 4. The standard InChI is InChI=1S/C12H18N2O3/c1-2-4-9-11(15)13-10(14-12(9)16)7-8-5-3-6-17-8/h8H,2-7H2,1H3,(H2,13,14,15,16). The zero-order chi connectivity index (χ0) is 12.3. The molecule has 5 nitrogen and oxygen atoms in total. The maximum Gasteiger partial charge on any atom is 0.257 e. The van der Waals surface area contributed by atoms with E-state index in [1.165, 1.54) is 0 Å². The maximum atomic E-state index is 11.7. The molecule has 2 heterocycles. The number of hydrogen-bond donors (Lipinski definition) is 2. The monoisotopic (exact) mass is 238 g/mol. The van der Waals surface area contributed by atoms with Crippen molar-refractivity contribution in [3.63, 3.8) is 0 Å². The summed E-state index contributed by atoms with van der Waals surface area (Å²) in [6.45, 7) is 2.73. The van der Waals surface area contributed by atoms with Crippen molar-refractivity contribution >= 4 is 0 Å². The van der Waals surface area contributed by atoms with Crippen molar-refractivity contribution in [2.24, 2.45) is 0 Å². The summed E-state index contributed by atoms with van der Waals surface area (Å²) in [5.74, 6) is 0.378. The van der Waals surface area contributed by atoms with Crippen LogP contribution in [0.3, 0.4) is 0 Å². The molecule has 0 radical (unpaired) electrons. The van der Waals surface area contributed by atoms with Crippen molar-refractivity contribution in [1.29, 1.82) is 0 Å². The first-order valence-electron chi connectivity index (χ1n) is 6.13. The van der Waals surface area contributed by atoms with Crippen LogP contribution in [-0.4, -0.2) is 27.8 Å². The molecule has 1 aromatic rings. The molecule has 1 atom stereocenters. The highest BCUT2D eigenvalue weighted by Crippen LogP contribution is 2.17. The molecular formula is C12H18N2O3. The summed E-state index contributed by atoms with van der Waals surface area (Å²) < 4.78 is 5.47. The van der Waals surface area contributed by atoms with Crippen LogP contribution in [0.2, 0.25) is 0 Å². The van der Waals surface area contributed by atoms with Gasteiger partial charge in [-0.25, -0.2) is 0 Å². The lowest BCUT2D eigenvalue weighted by Crippen LogP contribution is -2.20. The van der Waals surface area contributed by atoms with Crippen molar-refractivity contribution in [1.82, 2.24) is 9.97 Å². The summed E-state index contributed by atoms with van der Waals surface area (Å²) in [6.07, 6.45) is 4.08. The zero-order valence-electron chi connectivity index (χ0n) is 10.0. The van der Waals surface area contributed by atoms with E-state index in [1.54, 1.807) is 0 Å². The minimum Gasteiger partial charge on any atom is -0.493 e. The molecule has 1 unspecified atom stereocenters. The second kappa shape index (κ2) is 5.31. The molecule has 2 rings (SSSR count). The van der Waals surface area contributed by atoms with Crippen LogP contribution in [0, 0.1) is 0 Å². The molecule has 1 fully saturated rings. The Morgan fingerprint density at radius 2 is 2.41 bits per heavy atom. The van der Waals surface area contributed by atoms with Crippen molar-refractivity contribution in [3.05, 3.63) is 21.7 Å². The van der Waals surface area contributed by atoms with Crippen molar-refractivity contribution in [3.8, 4) is 5.88 Å². The van der Waals surface area contributed by atoms with E-state index >= 15 is 0 Å². The van der Waals surface area contributed by atoms with Gasteiger partial charge in [0.05, 0.1) is 11.7 Å². The van der Waals surface area contributed by atoms with Gasteiger partial charge in [-0.2, -0.15) is 4.98 Å². The molecule has 1 aromatic heterocycles. The van der Waals surface area contributed by atoms with E-state index < -0.39 is 0 Å². The Labute approximate surface area is 99.9 Å². The van der Waals surface area contributed by atoms with Crippen LogP contribution < -0.4 is 5.56 Å². The third-order valence-electron chi connectivity index (χ3n) is 2.99. The average molecular weight is 238 g/mol. The van der Waals surface area contributed by atoms with Gasteiger partial charge in [0.15, 0.2) is 0 Å². The van der Waals surface area contributed by atoms with Gasteiger partial charge < -0.3 is 14.8 Å². The van der Waals surface area contributed by atoms with Crippen molar-refractivity contribution in [2.75, 3.05) is 6.61 Å². The minimum atomic E-state index is -0.229. The maximum absolute atomic E-state index is 11.7. The predicted molar refractivity (Wildman–Crippen MR) is 63.2 cm³/mol. The van der Waals surface area contributed by atoms with Crippen LogP contribution in [0.1, 0.15) is 37.6 Å². The lowest BCUT2D eigenvalue weighted by Gasteiger charge is -2.09. The Morgan fingerprint density at radius 3 is 3.00 bits per heavy atom. The lowest BCUT2D eigenvalue weighted by molar-refractivity contribution is 0.109. The van der Waals surface area contributed by atoms with Gasteiger partial charge in [0, 0.05) is 13.0 Å². The Morgan fingerprint density at radius 1 is 1.59 bits per heavy atom. The number of aromatic nitrogens is 2. The lowest BCUT2D eigenvalue weighted by atomic mass is 10.1. The molecular weight excluding hydrogens is 220 g/mol. The Hall–Kier alpha value is -1.36. The number of aromatic hydroxyl groups is 1. The quantitative estimate of drug-likeness (QED) is 0.825. The zero-order valence-corrected chi connectivity index (χ0v) is 10.0. The second-order valence-corrected chi connectivity index (χ2v) is 4.40. The van der Waals surface area contributed by atoms with E-state index in [0.717, 1.165) is 25.9 Å². The fourth-order valence-electron chi connectivity index (χ4n) is 2.12. The smallest absolute Gasteiger partial charge is 0.257 e. The van der Waals surface area contributed by atoms with Crippen LogP contribution in [0.15, 0.2) is 4.79 Å². The largest absolute Gasteiger partial charge is 0.493 e. The highest BCUT2D eigenvalue weighted by molar-refractivity contribution is 5.22. The molecule has 0 aromatic carbocycles. The molecule has 5 heteroatoms. The summed E-state index contributed by atoms with van der Waals surface area (Å²) in [4.78, 5) is 18.5. The molecule has 1 saturated heterocycles. The number of nitrogens with one attached hydrogen (secondary N) is 1. The Kier molecular flexibility index (Phi) is 3.78. The van der Waals surface area contributed by atoms with E-state index in [2.05, 4.69) is 9.97 Å². The van der Waals surface area contributed by atoms with E-state index in [9.17, 15) is 9.90 Å². The normalized spacial score (nSPS) is 19.7. The first kappa shape index (κ1) is 12.1. The summed E-state index contributed by atoms with van der Waals surface area (Å²) in [6, 6.07) is 0. The molecule has 2 N–H and O–H groups in total. The van der Waals surface area contributed by atoms with Crippen molar-refractivity contribution < 1.29 is 9.84 Å². The van der Waals surface area contributed by atoms with E-state index in [-0.39, 0.29) is 17.5 Å². The van der Waals surface area contributed by atoms with Gasteiger partial charge in [0.25, 0.3) is 5.56 Å². The van der Waals surface area contributed by atoms with Crippen LogP contribution in [0.4, 0.5) is 0 Å². The third kappa shape index (κ3) is 2.85. The molecule has 17 heavy (non-hydrogen) atoms. The van der Waals surface area contributed by atoms with Gasteiger partial charge in [-0.05, 0) is 19.3 Å². The highest BCUT2D eigenvalue weighted by atomic mass is 16.5. The molecule has 0 aliphatic carbocycles. The molecule has 94 valence electrons. The molecule has 0 amide bonds. The fourth-order valence-corrected chi connectivity index (χ4v) is 2.12. The number of H-pyrrole nitrogens is 1. The van der Waals surface area contributed by atoms with Crippen LogP contribution in [-0.2, 0) is 17.6 Å². The summed E-state index contributed by atoms with van der Waals surface area (Å²) in [7, 11) is 0. The molecule has 0 bridgehead atoms. The number of nitrogens with zero attached hydrogens (tertiary/aromatic N) is 1. The van der Waals surface area contributed by atoms with Crippen LogP contribution in [0.5, 0.6) is 5.88 Å². The molecule has 0 saturated carbocycles. The van der Waals surface area contributed by atoms with Gasteiger partial charge in [-0.15, -0.1) is 0 Å². The number of rotatable bonds is 4. The summed E-state index contributed by atoms with van der Waals surface area (Å²) >= 11 is 0.